The van der Waals surface area contributed by atoms with Crippen LogP contribution >= 0.6 is 0 Å². The zero-order valence-corrected chi connectivity index (χ0v) is 15.7. The molecular weight excluding hydrogens is 354 g/mol. The molecule has 0 atom stereocenters. The largest absolute Gasteiger partial charge is 0.494 e. The summed E-state index contributed by atoms with van der Waals surface area (Å²) in [6.45, 7) is 4.40. The van der Waals surface area contributed by atoms with Crippen molar-refractivity contribution in [2.45, 2.75) is 13.8 Å². The van der Waals surface area contributed by atoms with E-state index in [1.807, 2.05) is 38.1 Å². The molecule has 0 unspecified atom stereocenters. The molecule has 2 amide bonds. The molecule has 0 aliphatic carbocycles. The van der Waals surface area contributed by atoms with Crippen molar-refractivity contribution in [3.8, 4) is 5.75 Å². The molecule has 6 nitrogen and oxygen atoms in total. The molecule has 3 aromatic rings. The van der Waals surface area contributed by atoms with Crippen LogP contribution in [0.15, 0.2) is 67.0 Å². The number of benzene rings is 2. The van der Waals surface area contributed by atoms with Crippen LogP contribution in [0.1, 0.15) is 33.2 Å². The first-order valence-electron chi connectivity index (χ1n) is 8.93. The van der Waals surface area contributed by atoms with Gasteiger partial charge in [-0.1, -0.05) is 18.2 Å². The predicted octanol–water partition coefficient (Wildman–Crippen LogP) is 4.29. The van der Waals surface area contributed by atoms with Gasteiger partial charge in [0.25, 0.3) is 11.8 Å². The molecule has 0 fully saturated rings. The van der Waals surface area contributed by atoms with E-state index in [9.17, 15) is 9.59 Å². The number of nitrogens with one attached hydrogen (secondary N) is 2. The third kappa shape index (κ3) is 4.73. The first-order valence-corrected chi connectivity index (χ1v) is 8.93. The number of carbonyl (C=O) groups is 2. The molecule has 0 aliphatic heterocycles. The van der Waals surface area contributed by atoms with E-state index in [0.29, 0.717) is 23.4 Å². The Balaban J connectivity index is 1.70. The minimum Gasteiger partial charge on any atom is -0.494 e. The maximum absolute atomic E-state index is 12.5. The summed E-state index contributed by atoms with van der Waals surface area (Å²) < 4.78 is 5.38. The summed E-state index contributed by atoms with van der Waals surface area (Å²) in [5.74, 6) is 0.0664. The van der Waals surface area contributed by atoms with Gasteiger partial charge in [-0.25, -0.2) is 0 Å². The Morgan fingerprint density at radius 1 is 0.929 bits per heavy atom. The number of ether oxygens (including phenoxy) is 1. The van der Waals surface area contributed by atoms with Crippen LogP contribution in [0.4, 0.5) is 11.4 Å². The van der Waals surface area contributed by atoms with Crippen molar-refractivity contribution in [3.05, 3.63) is 83.7 Å². The summed E-state index contributed by atoms with van der Waals surface area (Å²) in [6, 6.07) is 16.1. The number of amides is 2. The fraction of sp³-hybridized carbons (Fsp3) is 0.136. The van der Waals surface area contributed by atoms with Crippen molar-refractivity contribution in [2.75, 3.05) is 17.2 Å². The summed E-state index contributed by atoms with van der Waals surface area (Å²) in [7, 11) is 0. The first kappa shape index (κ1) is 19.1. The van der Waals surface area contributed by atoms with E-state index in [2.05, 4.69) is 15.6 Å². The van der Waals surface area contributed by atoms with E-state index in [1.165, 1.54) is 18.5 Å². The van der Waals surface area contributed by atoms with E-state index < -0.39 is 0 Å². The highest BCUT2D eigenvalue weighted by molar-refractivity contribution is 6.08. The highest BCUT2D eigenvalue weighted by atomic mass is 16.5. The van der Waals surface area contributed by atoms with Crippen molar-refractivity contribution in [1.82, 2.24) is 4.98 Å². The number of aryl methyl sites for hydroxylation is 1. The van der Waals surface area contributed by atoms with Gasteiger partial charge in [0.2, 0.25) is 0 Å². The van der Waals surface area contributed by atoms with Gasteiger partial charge in [-0.2, -0.15) is 0 Å². The molecule has 0 aliphatic rings. The Bertz CT molecular complexity index is 984. The second-order valence-corrected chi connectivity index (χ2v) is 6.14. The maximum atomic E-state index is 12.5. The number of hydrogen-bond acceptors (Lipinski definition) is 4. The van der Waals surface area contributed by atoms with Crippen LogP contribution in [0.25, 0.3) is 0 Å². The van der Waals surface area contributed by atoms with Gasteiger partial charge in [-0.3, -0.25) is 14.6 Å². The van der Waals surface area contributed by atoms with Crippen LogP contribution in [0.2, 0.25) is 0 Å². The van der Waals surface area contributed by atoms with E-state index in [0.717, 1.165) is 17.0 Å². The van der Waals surface area contributed by atoms with E-state index in [4.69, 9.17) is 4.74 Å². The lowest BCUT2D eigenvalue weighted by Gasteiger charge is -2.09. The van der Waals surface area contributed by atoms with Crippen LogP contribution in [-0.2, 0) is 0 Å². The Morgan fingerprint density at radius 2 is 1.57 bits per heavy atom. The van der Waals surface area contributed by atoms with Gasteiger partial charge in [-0.05, 0) is 55.8 Å². The van der Waals surface area contributed by atoms with Crippen molar-refractivity contribution >= 4 is 23.2 Å². The highest BCUT2D eigenvalue weighted by Gasteiger charge is 2.13. The summed E-state index contributed by atoms with van der Waals surface area (Å²) in [5, 5.41) is 5.62. The molecule has 28 heavy (non-hydrogen) atoms. The number of hydrogen-bond donors (Lipinski definition) is 2. The molecule has 3 rings (SSSR count). The van der Waals surface area contributed by atoms with E-state index in [-0.39, 0.29) is 11.8 Å². The molecule has 0 radical (unpaired) electrons. The third-order valence-electron chi connectivity index (χ3n) is 4.08. The monoisotopic (exact) mass is 375 g/mol. The van der Waals surface area contributed by atoms with Gasteiger partial charge < -0.3 is 15.4 Å². The summed E-state index contributed by atoms with van der Waals surface area (Å²) >= 11 is 0. The van der Waals surface area contributed by atoms with Gasteiger partial charge >= 0.3 is 0 Å². The molecule has 142 valence electrons. The van der Waals surface area contributed by atoms with Gasteiger partial charge in [0.05, 0.1) is 17.7 Å². The second kappa shape index (κ2) is 8.81. The number of aromatic nitrogens is 1. The van der Waals surface area contributed by atoms with Gasteiger partial charge in [0.15, 0.2) is 0 Å². The molecule has 0 saturated heterocycles. The van der Waals surface area contributed by atoms with Crippen molar-refractivity contribution < 1.29 is 14.3 Å². The second-order valence-electron chi connectivity index (χ2n) is 6.14. The van der Waals surface area contributed by atoms with Crippen LogP contribution in [0, 0.1) is 6.92 Å². The van der Waals surface area contributed by atoms with Crippen molar-refractivity contribution in [2.24, 2.45) is 0 Å². The molecule has 2 aromatic carbocycles. The Hall–Kier alpha value is -3.67. The molecule has 6 heteroatoms. The highest BCUT2D eigenvalue weighted by Crippen LogP contribution is 2.17. The van der Waals surface area contributed by atoms with E-state index >= 15 is 0 Å². The lowest BCUT2D eigenvalue weighted by atomic mass is 10.1. The zero-order chi connectivity index (χ0) is 19.9. The van der Waals surface area contributed by atoms with Crippen molar-refractivity contribution in [1.29, 1.82) is 0 Å². The molecule has 0 spiro atoms. The fourth-order valence-corrected chi connectivity index (χ4v) is 2.60. The summed E-state index contributed by atoms with van der Waals surface area (Å²) in [5.41, 5.74) is 2.90. The average molecular weight is 375 g/mol. The Kier molecular flexibility index (Phi) is 6.01. The Morgan fingerprint density at radius 3 is 2.21 bits per heavy atom. The van der Waals surface area contributed by atoms with Gasteiger partial charge in [-0.15, -0.1) is 0 Å². The lowest BCUT2D eigenvalue weighted by Crippen LogP contribution is -2.16. The smallest absolute Gasteiger partial charge is 0.257 e. The molecule has 0 bridgehead atoms. The average Bonchev–Trinajstić information content (AvgIpc) is 2.71. The molecule has 1 heterocycles. The standard InChI is InChI=1S/C22H21N3O3/c1-3-28-19-10-8-18(9-11-19)24-21(26)16-12-17(14-23-13-16)22(27)25-20-7-5-4-6-15(20)2/h4-14H,3H2,1-2H3,(H,24,26)(H,25,27). The predicted molar refractivity (Wildman–Crippen MR) is 109 cm³/mol. The fourth-order valence-electron chi connectivity index (χ4n) is 2.60. The lowest BCUT2D eigenvalue weighted by molar-refractivity contribution is 0.102. The van der Waals surface area contributed by atoms with Crippen LogP contribution in [0.5, 0.6) is 5.75 Å². The molecule has 1 aromatic heterocycles. The van der Waals surface area contributed by atoms with Crippen LogP contribution < -0.4 is 15.4 Å². The number of pyridine rings is 1. The van der Waals surface area contributed by atoms with Gasteiger partial charge in [0, 0.05) is 23.8 Å². The topological polar surface area (TPSA) is 80.3 Å². The number of rotatable bonds is 6. The number of anilines is 2. The molecule has 0 saturated carbocycles. The first-order chi connectivity index (χ1) is 13.6. The number of nitrogens with zero attached hydrogens (tertiary/aromatic N) is 1. The minimum atomic E-state index is -0.345. The quantitative estimate of drug-likeness (QED) is 0.673. The number of carbonyl (C=O) groups excluding carboxylic acids is 2. The molecule has 2 N–H and O–H groups in total. The molecular formula is C22H21N3O3. The van der Waals surface area contributed by atoms with E-state index in [1.54, 1.807) is 24.3 Å². The van der Waals surface area contributed by atoms with Gasteiger partial charge in [0.1, 0.15) is 5.75 Å². The zero-order valence-electron chi connectivity index (χ0n) is 15.7. The number of para-hydroxylation sites is 1. The maximum Gasteiger partial charge on any atom is 0.257 e. The normalized spacial score (nSPS) is 10.2. The van der Waals surface area contributed by atoms with Crippen LogP contribution in [0.3, 0.4) is 0 Å². The third-order valence-corrected chi connectivity index (χ3v) is 4.08. The Labute approximate surface area is 163 Å². The van der Waals surface area contributed by atoms with Crippen molar-refractivity contribution in [3.63, 3.8) is 0 Å². The summed E-state index contributed by atoms with van der Waals surface area (Å²) in [6.07, 6.45) is 2.86. The van der Waals surface area contributed by atoms with Crippen LogP contribution in [-0.4, -0.2) is 23.4 Å². The minimum absolute atomic E-state index is 0.298. The SMILES string of the molecule is CCOc1ccc(NC(=O)c2cncc(C(=O)Nc3ccccc3C)c2)cc1. The summed E-state index contributed by atoms with van der Waals surface area (Å²) in [4.78, 5) is 29.0.